The number of carbonyl (C=O) groups excluding carboxylic acids is 1. The first-order valence-electron chi connectivity index (χ1n) is 7.23. The van der Waals surface area contributed by atoms with Gasteiger partial charge < -0.3 is 18.9 Å². The van der Waals surface area contributed by atoms with E-state index in [1.54, 1.807) is 7.11 Å². The molecule has 120 valence electrons. The fourth-order valence-corrected chi connectivity index (χ4v) is 2.06. The Hall–Kier alpha value is -1.76. The lowest BCUT2D eigenvalue weighted by Crippen LogP contribution is -2.35. The molecule has 6 heteroatoms. The van der Waals surface area contributed by atoms with Gasteiger partial charge in [0.15, 0.2) is 25.2 Å². The summed E-state index contributed by atoms with van der Waals surface area (Å²) < 4.78 is 23.4. The van der Waals surface area contributed by atoms with Gasteiger partial charge in [-0.3, -0.25) is 0 Å². The van der Waals surface area contributed by atoms with E-state index in [0.717, 1.165) is 18.2 Å². The molecule has 2 heterocycles. The van der Waals surface area contributed by atoms with Crippen molar-refractivity contribution >= 4 is 5.97 Å². The zero-order chi connectivity index (χ0) is 15.8. The van der Waals surface area contributed by atoms with E-state index in [1.807, 2.05) is 29.1 Å². The monoisotopic (exact) mass is 308 g/mol. The number of aromatic nitrogens is 1. The summed E-state index contributed by atoms with van der Waals surface area (Å²) in [6.45, 7) is 6.10. The number of methoxy groups -OCH3 is 1. The molecule has 0 saturated carbocycles. The van der Waals surface area contributed by atoms with Crippen LogP contribution in [0.25, 0.3) is 0 Å². The second-order valence-corrected chi connectivity index (χ2v) is 5.06. The molecule has 1 fully saturated rings. The highest BCUT2D eigenvalue weighted by atomic mass is 16.7. The van der Waals surface area contributed by atoms with Crippen LogP contribution in [0.4, 0.5) is 0 Å². The summed E-state index contributed by atoms with van der Waals surface area (Å²) >= 11 is 0. The first kappa shape index (κ1) is 16.6. The highest BCUT2D eigenvalue weighted by Crippen LogP contribution is 2.24. The Morgan fingerprint density at radius 1 is 1.41 bits per heavy atom. The van der Waals surface area contributed by atoms with Crippen LogP contribution in [-0.4, -0.2) is 39.5 Å². The molecule has 1 saturated heterocycles. The maximum absolute atomic E-state index is 11.0. The first-order valence-corrected chi connectivity index (χ1v) is 7.23. The Morgan fingerprint density at radius 2 is 2.09 bits per heavy atom. The van der Waals surface area contributed by atoms with Crippen LogP contribution in [0, 0.1) is 5.92 Å². The molecule has 6 nitrogen and oxygen atoms in total. The maximum Gasteiger partial charge on any atom is 0.330 e. The molecular weight excluding hydrogens is 286 g/mol. The van der Waals surface area contributed by atoms with Gasteiger partial charge in [-0.1, -0.05) is 6.58 Å². The Balaban J connectivity index is 1.78. The largest absolute Gasteiger partial charge is 0.462 e. The number of hydrogen-bond donors (Lipinski definition) is 0. The van der Waals surface area contributed by atoms with Crippen LogP contribution >= 0.6 is 0 Å². The molecule has 1 aromatic rings. The highest BCUT2D eigenvalue weighted by Gasteiger charge is 2.25. The molecule has 1 aliphatic heterocycles. The van der Waals surface area contributed by atoms with Gasteiger partial charge >= 0.3 is 5.97 Å². The summed E-state index contributed by atoms with van der Waals surface area (Å²) in [6, 6.07) is 3.94. The number of carbonyl (C=O) groups is 1. The lowest BCUT2D eigenvalue weighted by atomic mass is 10.1. The standard InChI is InChI=1S/C16H22NO5/c1-3-15(18)20-10-13-11-21-16(22-12-13)14-4-6-17(7-5-14)8-9-19-2/h3-7,13,16H,1,8-12H2,2H3/q+1. The molecule has 0 spiro atoms. The predicted molar refractivity (Wildman–Crippen MR) is 77.8 cm³/mol. The fraction of sp³-hybridized carbons (Fsp3) is 0.500. The molecule has 0 aromatic carbocycles. The lowest BCUT2D eigenvalue weighted by Gasteiger charge is -2.28. The van der Waals surface area contributed by atoms with Crippen molar-refractivity contribution < 1.29 is 28.3 Å². The Bertz CT molecular complexity index is 480. The Morgan fingerprint density at radius 3 is 2.68 bits per heavy atom. The summed E-state index contributed by atoms with van der Waals surface area (Å²) in [5.41, 5.74) is 0.968. The molecule has 0 radical (unpaired) electrons. The topological polar surface area (TPSA) is 57.9 Å². The van der Waals surface area contributed by atoms with Gasteiger partial charge in [0.25, 0.3) is 0 Å². The number of ether oxygens (including phenoxy) is 4. The first-order chi connectivity index (χ1) is 10.7. The minimum atomic E-state index is -0.425. The average molecular weight is 308 g/mol. The molecule has 2 rings (SSSR count). The van der Waals surface area contributed by atoms with E-state index in [-0.39, 0.29) is 18.8 Å². The number of hydrogen-bond acceptors (Lipinski definition) is 5. The van der Waals surface area contributed by atoms with Crippen LogP contribution in [0.15, 0.2) is 37.2 Å². The average Bonchev–Trinajstić information content (AvgIpc) is 2.58. The van der Waals surface area contributed by atoms with Gasteiger partial charge in [-0.05, 0) is 0 Å². The van der Waals surface area contributed by atoms with Crippen molar-refractivity contribution in [2.75, 3.05) is 33.5 Å². The van der Waals surface area contributed by atoms with Crippen molar-refractivity contribution in [1.29, 1.82) is 0 Å². The molecule has 0 unspecified atom stereocenters. The Labute approximate surface area is 130 Å². The zero-order valence-electron chi connectivity index (χ0n) is 12.8. The quantitative estimate of drug-likeness (QED) is 0.427. The fourth-order valence-electron chi connectivity index (χ4n) is 2.06. The van der Waals surface area contributed by atoms with Gasteiger partial charge in [0.1, 0.15) is 6.61 Å². The number of esters is 1. The van der Waals surface area contributed by atoms with Crippen molar-refractivity contribution in [3.63, 3.8) is 0 Å². The van der Waals surface area contributed by atoms with E-state index >= 15 is 0 Å². The van der Waals surface area contributed by atoms with Crippen molar-refractivity contribution in [1.82, 2.24) is 0 Å². The molecule has 0 bridgehead atoms. The molecule has 22 heavy (non-hydrogen) atoms. The van der Waals surface area contributed by atoms with Gasteiger partial charge in [0, 0.05) is 36.8 Å². The molecule has 0 aliphatic carbocycles. The van der Waals surface area contributed by atoms with Crippen molar-refractivity contribution in [2.45, 2.75) is 12.8 Å². The third kappa shape index (κ3) is 4.91. The number of rotatable bonds is 7. The molecule has 0 amide bonds. The SMILES string of the molecule is C=CC(=O)OCC1COC(c2cc[n+](CCOC)cc2)OC1. The van der Waals surface area contributed by atoms with Crippen LogP contribution in [-0.2, 0) is 30.3 Å². The molecule has 1 aliphatic rings. The lowest BCUT2D eigenvalue weighted by molar-refractivity contribution is -0.698. The summed E-state index contributed by atoms with van der Waals surface area (Å²) in [5, 5.41) is 0. The van der Waals surface area contributed by atoms with Gasteiger partial charge in [-0.15, -0.1) is 0 Å². The molecule has 1 aromatic heterocycles. The number of pyridine rings is 1. The predicted octanol–water partition coefficient (Wildman–Crippen LogP) is 1.01. The smallest absolute Gasteiger partial charge is 0.330 e. The third-order valence-electron chi connectivity index (χ3n) is 3.34. The van der Waals surface area contributed by atoms with Crippen molar-refractivity contribution in [2.24, 2.45) is 5.92 Å². The van der Waals surface area contributed by atoms with Crippen molar-refractivity contribution in [3.05, 3.63) is 42.7 Å². The maximum atomic E-state index is 11.0. The normalized spacial score (nSPS) is 21.3. The molecule has 0 atom stereocenters. The highest BCUT2D eigenvalue weighted by molar-refractivity contribution is 5.81. The van der Waals surface area contributed by atoms with Crippen LogP contribution in [0.2, 0.25) is 0 Å². The second-order valence-electron chi connectivity index (χ2n) is 5.06. The zero-order valence-corrected chi connectivity index (χ0v) is 12.8. The van der Waals surface area contributed by atoms with Gasteiger partial charge in [0.05, 0.1) is 19.8 Å². The summed E-state index contributed by atoms with van der Waals surface area (Å²) in [4.78, 5) is 11.0. The van der Waals surface area contributed by atoms with E-state index in [1.165, 1.54) is 0 Å². The summed E-state index contributed by atoms with van der Waals surface area (Å²) in [6.07, 6.45) is 4.72. The van der Waals surface area contributed by atoms with Crippen LogP contribution < -0.4 is 4.57 Å². The summed E-state index contributed by atoms with van der Waals surface area (Å²) in [7, 11) is 1.68. The Kier molecular flexibility index (Phi) is 6.51. The van der Waals surface area contributed by atoms with Gasteiger partial charge in [-0.25, -0.2) is 9.36 Å². The van der Waals surface area contributed by atoms with Gasteiger partial charge in [0.2, 0.25) is 0 Å². The van der Waals surface area contributed by atoms with E-state index in [0.29, 0.717) is 19.8 Å². The van der Waals surface area contributed by atoms with Crippen LogP contribution in [0.1, 0.15) is 11.9 Å². The third-order valence-corrected chi connectivity index (χ3v) is 3.34. The van der Waals surface area contributed by atoms with E-state index in [2.05, 4.69) is 6.58 Å². The second kappa shape index (κ2) is 8.63. The van der Waals surface area contributed by atoms with Crippen LogP contribution in [0.5, 0.6) is 0 Å². The minimum Gasteiger partial charge on any atom is -0.462 e. The van der Waals surface area contributed by atoms with Crippen LogP contribution in [0.3, 0.4) is 0 Å². The van der Waals surface area contributed by atoms with Gasteiger partial charge in [-0.2, -0.15) is 0 Å². The molecule has 0 N–H and O–H groups in total. The minimum absolute atomic E-state index is 0.0514. The van der Waals surface area contributed by atoms with E-state index in [9.17, 15) is 4.79 Å². The molecular formula is C16H22NO5+. The summed E-state index contributed by atoms with van der Waals surface area (Å²) in [5.74, 6) is -0.374. The van der Waals surface area contributed by atoms with E-state index in [4.69, 9.17) is 18.9 Å². The van der Waals surface area contributed by atoms with Crippen molar-refractivity contribution in [3.8, 4) is 0 Å². The number of nitrogens with zero attached hydrogens (tertiary/aromatic N) is 1. The van der Waals surface area contributed by atoms with E-state index < -0.39 is 5.97 Å².